The van der Waals surface area contributed by atoms with Gasteiger partial charge in [-0.2, -0.15) is 10.2 Å². The number of hydrogen-bond acceptors (Lipinski definition) is 7. The third-order valence-electron chi connectivity index (χ3n) is 8.74. The monoisotopic (exact) mass is 670 g/mol. The molecule has 1 aliphatic carbocycles. The smallest absolute Gasteiger partial charge is 0.264 e. The summed E-state index contributed by atoms with van der Waals surface area (Å²) < 4.78 is 98.1. The van der Waals surface area contributed by atoms with Gasteiger partial charge < -0.3 is 0 Å². The number of imide groups is 1. The first-order valence-corrected chi connectivity index (χ1v) is 14.7. The molecule has 0 aromatic heterocycles. The predicted octanol–water partition coefficient (Wildman–Crippen LogP) is 5.78. The highest BCUT2D eigenvalue weighted by Gasteiger charge is 2.57. The van der Waals surface area contributed by atoms with Crippen LogP contribution in [0.5, 0.6) is 0 Å². The van der Waals surface area contributed by atoms with Crippen molar-refractivity contribution in [3.8, 4) is 0 Å². The number of benzene rings is 3. The number of hydrogen-bond donors (Lipinski definition) is 0. The van der Waals surface area contributed by atoms with Crippen LogP contribution in [0.15, 0.2) is 69.5 Å². The van der Waals surface area contributed by atoms with Gasteiger partial charge in [0.25, 0.3) is 17.7 Å². The largest absolute Gasteiger partial charge is 0.271 e. The Morgan fingerprint density at radius 1 is 0.792 bits per heavy atom. The van der Waals surface area contributed by atoms with Crippen molar-refractivity contribution in [2.75, 3.05) is 11.4 Å². The highest BCUT2D eigenvalue weighted by Crippen LogP contribution is 2.45. The molecule has 0 unspecified atom stereocenters. The fourth-order valence-corrected chi connectivity index (χ4v) is 6.54. The molecule has 3 amide bonds. The lowest BCUT2D eigenvalue weighted by Gasteiger charge is -2.30. The predicted molar refractivity (Wildman–Crippen MR) is 153 cm³/mol. The van der Waals surface area contributed by atoms with E-state index in [2.05, 4.69) is 15.4 Å². The molecule has 16 heteroatoms. The Labute approximate surface area is 266 Å². The second-order valence-electron chi connectivity index (χ2n) is 11.6. The van der Waals surface area contributed by atoms with Gasteiger partial charge in [-0.3, -0.25) is 19.4 Å². The Balaban J connectivity index is 1.20. The third kappa shape index (κ3) is 4.93. The summed E-state index contributed by atoms with van der Waals surface area (Å²) in [7, 11) is 0. The number of allylic oxidation sites excluding steroid dienone is 1. The van der Waals surface area contributed by atoms with E-state index >= 15 is 0 Å². The highest BCUT2D eigenvalue weighted by molar-refractivity contribution is 6.25. The lowest BCUT2D eigenvalue weighted by molar-refractivity contribution is -0.136. The number of carbonyl (C=O) groups is 3. The van der Waals surface area contributed by atoms with Crippen molar-refractivity contribution in [3.63, 3.8) is 0 Å². The fourth-order valence-electron chi connectivity index (χ4n) is 6.54. The van der Waals surface area contributed by atoms with E-state index in [0.29, 0.717) is 36.1 Å². The summed E-state index contributed by atoms with van der Waals surface area (Å²) in [5.74, 6) is -16.8. The van der Waals surface area contributed by atoms with Gasteiger partial charge in [0.1, 0.15) is 23.9 Å². The minimum atomic E-state index is -2.47. The normalized spacial score (nSPS) is 24.1. The van der Waals surface area contributed by atoms with E-state index in [0.717, 1.165) is 15.6 Å². The molecule has 0 radical (unpaired) electrons. The average Bonchev–Trinajstić information content (AvgIpc) is 3.74. The quantitative estimate of drug-likeness (QED) is 0.149. The van der Waals surface area contributed by atoms with Crippen LogP contribution in [0.3, 0.4) is 0 Å². The molecule has 1 saturated carbocycles. The highest BCUT2D eigenvalue weighted by atomic mass is 19.2. The van der Waals surface area contributed by atoms with Crippen molar-refractivity contribution < 1.29 is 45.1 Å². The number of anilines is 1. The molecule has 9 nitrogen and oxygen atoms in total. The molecule has 4 atom stereocenters. The summed E-state index contributed by atoms with van der Waals surface area (Å²) in [5, 5.41) is 14.0. The Hall–Kier alpha value is -5.41. The van der Waals surface area contributed by atoms with Gasteiger partial charge in [0.05, 0.1) is 11.8 Å². The molecule has 0 N–H and O–H groups in total. The molecule has 3 heterocycles. The minimum Gasteiger partial charge on any atom is -0.271 e. The van der Waals surface area contributed by atoms with E-state index in [9.17, 15) is 45.1 Å². The van der Waals surface area contributed by atoms with Crippen LogP contribution in [-0.4, -0.2) is 52.1 Å². The standard InChI is InChI=1S/C32H21F7N6O3/c33-17-8-4-14(5-9-17)12-16-2-1-3-19-26(16)41-45(28(19)15-6-10-18(34)11-7-15)20(46)13-43-30-27(40-42-43)31(47)44(32(30)48)29-24(38)22(36)21(35)23(37)25(29)39/h4-12,19,27-28,30H,1-3,13H2/b16-12+/t19-,27+,28-,30-/m0/s1. The zero-order valence-corrected chi connectivity index (χ0v) is 24.4. The lowest BCUT2D eigenvalue weighted by Crippen LogP contribution is -2.45. The van der Waals surface area contributed by atoms with Crippen LogP contribution in [0.25, 0.3) is 6.08 Å². The van der Waals surface area contributed by atoms with Crippen LogP contribution in [0.4, 0.5) is 36.4 Å². The zero-order chi connectivity index (χ0) is 34.0. The maximum atomic E-state index is 14.6. The molecule has 3 aliphatic heterocycles. The first-order chi connectivity index (χ1) is 23.0. The Bertz CT molecular complexity index is 1940. The molecule has 0 spiro atoms. The second kappa shape index (κ2) is 11.7. The maximum Gasteiger partial charge on any atom is 0.264 e. The molecular weight excluding hydrogens is 649 g/mol. The first kappa shape index (κ1) is 31.2. The van der Waals surface area contributed by atoms with Gasteiger partial charge in [-0.15, -0.1) is 0 Å². The van der Waals surface area contributed by atoms with Gasteiger partial charge in [-0.05, 0) is 66.3 Å². The summed E-state index contributed by atoms with van der Waals surface area (Å²) in [5.41, 5.74) is 0.838. The summed E-state index contributed by atoms with van der Waals surface area (Å²) in [6, 6.07) is 7.06. The summed E-state index contributed by atoms with van der Waals surface area (Å²) >= 11 is 0. The molecule has 48 heavy (non-hydrogen) atoms. The lowest BCUT2D eigenvalue weighted by atomic mass is 9.77. The summed E-state index contributed by atoms with van der Waals surface area (Å²) in [6.07, 6.45) is 3.74. The van der Waals surface area contributed by atoms with Crippen molar-refractivity contribution in [3.05, 3.63) is 106 Å². The third-order valence-corrected chi connectivity index (χ3v) is 8.74. The van der Waals surface area contributed by atoms with E-state index in [1.54, 1.807) is 12.1 Å². The fraction of sp³-hybridized carbons (Fsp3) is 0.250. The molecule has 3 aromatic carbocycles. The topological polar surface area (TPSA) is 98.0 Å². The van der Waals surface area contributed by atoms with Crippen molar-refractivity contribution in [2.24, 2.45) is 21.4 Å². The van der Waals surface area contributed by atoms with E-state index in [4.69, 9.17) is 0 Å². The number of amides is 3. The number of halogens is 7. The van der Waals surface area contributed by atoms with Gasteiger partial charge in [0.2, 0.25) is 5.82 Å². The molecular formula is C32H21F7N6O3. The van der Waals surface area contributed by atoms with Crippen LogP contribution >= 0.6 is 0 Å². The molecule has 7 rings (SSSR count). The van der Waals surface area contributed by atoms with E-state index < -0.39 is 88.8 Å². The Kier molecular flexibility index (Phi) is 7.59. The van der Waals surface area contributed by atoms with Crippen LogP contribution < -0.4 is 4.90 Å². The molecule has 2 fully saturated rings. The van der Waals surface area contributed by atoms with Crippen LogP contribution in [0.1, 0.15) is 36.4 Å². The van der Waals surface area contributed by atoms with E-state index in [-0.39, 0.29) is 10.8 Å². The van der Waals surface area contributed by atoms with Crippen molar-refractivity contribution in [1.29, 1.82) is 0 Å². The molecule has 3 aromatic rings. The van der Waals surface area contributed by atoms with Crippen LogP contribution in [0, 0.1) is 46.6 Å². The number of fused-ring (bicyclic) bond motifs is 2. The van der Waals surface area contributed by atoms with E-state index in [1.165, 1.54) is 36.4 Å². The first-order valence-electron chi connectivity index (χ1n) is 14.7. The average molecular weight is 671 g/mol. The number of carbonyl (C=O) groups excluding carboxylic acids is 3. The number of rotatable bonds is 5. The van der Waals surface area contributed by atoms with Crippen LogP contribution in [-0.2, 0) is 14.4 Å². The summed E-state index contributed by atoms with van der Waals surface area (Å²) in [6.45, 7) is -0.729. The SMILES string of the molecule is O=C1[C@@H]2[C@@H](N=NN2CC(=O)N2N=C3/C(=C/c4ccc(F)cc4)CCC[C@@H]3[C@@H]2c2ccc(F)cc2)C(=O)N1c1c(F)c(F)c(F)c(F)c1F. The van der Waals surface area contributed by atoms with Crippen LogP contribution in [0.2, 0.25) is 0 Å². The number of nitrogens with zero attached hydrogens (tertiary/aromatic N) is 6. The van der Waals surface area contributed by atoms with Gasteiger partial charge in [0, 0.05) is 5.92 Å². The molecule has 1 saturated heterocycles. The van der Waals surface area contributed by atoms with Gasteiger partial charge in [0.15, 0.2) is 35.4 Å². The zero-order valence-electron chi connectivity index (χ0n) is 24.4. The van der Waals surface area contributed by atoms with E-state index in [1.807, 2.05) is 6.08 Å². The minimum absolute atomic E-state index is 0.181. The van der Waals surface area contributed by atoms with Gasteiger partial charge >= 0.3 is 0 Å². The van der Waals surface area contributed by atoms with Crippen molar-refractivity contribution in [1.82, 2.24) is 10.0 Å². The number of hydrazone groups is 1. The molecule has 0 bridgehead atoms. The second-order valence-corrected chi connectivity index (χ2v) is 11.6. The maximum absolute atomic E-state index is 14.6. The van der Waals surface area contributed by atoms with Gasteiger partial charge in [-0.1, -0.05) is 29.5 Å². The Morgan fingerprint density at radius 3 is 2.04 bits per heavy atom. The van der Waals surface area contributed by atoms with Crippen molar-refractivity contribution >= 4 is 35.2 Å². The van der Waals surface area contributed by atoms with Gasteiger partial charge in [-0.25, -0.2) is 40.6 Å². The molecule has 4 aliphatic rings. The van der Waals surface area contributed by atoms with Crippen molar-refractivity contribution in [2.45, 2.75) is 37.4 Å². The molecule has 246 valence electrons. The Morgan fingerprint density at radius 2 is 1.40 bits per heavy atom. The summed E-state index contributed by atoms with van der Waals surface area (Å²) in [4.78, 5) is 40.1.